The van der Waals surface area contributed by atoms with E-state index in [1.807, 2.05) is 4.57 Å². The van der Waals surface area contributed by atoms with Crippen molar-refractivity contribution < 1.29 is 8.78 Å². The van der Waals surface area contributed by atoms with Crippen molar-refractivity contribution in [1.82, 2.24) is 14.9 Å². The van der Waals surface area contributed by atoms with E-state index >= 15 is 0 Å². The Morgan fingerprint density at radius 2 is 2.16 bits per heavy atom. The van der Waals surface area contributed by atoms with Crippen molar-refractivity contribution in [2.45, 2.75) is 32.0 Å². The lowest BCUT2D eigenvalue weighted by Crippen LogP contribution is -2.19. The molecule has 0 atom stereocenters. The number of imidazole rings is 1. The zero-order valence-corrected chi connectivity index (χ0v) is 10.4. The van der Waals surface area contributed by atoms with Crippen LogP contribution in [0, 0.1) is 11.6 Å². The van der Waals surface area contributed by atoms with Gasteiger partial charge in [0.05, 0.1) is 13.1 Å². The second kappa shape index (κ2) is 5.09. The number of nitrogens with zero attached hydrogens (tertiary/aromatic N) is 2. The van der Waals surface area contributed by atoms with Crippen LogP contribution in [0.3, 0.4) is 0 Å². The Balaban J connectivity index is 1.75. The Bertz CT molecular complexity index is 576. The van der Waals surface area contributed by atoms with Crippen LogP contribution in [-0.4, -0.2) is 15.6 Å². The number of benzene rings is 1. The van der Waals surface area contributed by atoms with Crippen LogP contribution in [0.1, 0.15) is 24.2 Å². The molecule has 100 valence electrons. The SMILES string of the molecule is Fc1cccc(Cn2ccnc2CNC2CC2)c1F. The zero-order valence-electron chi connectivity index (χ0n) is 10.4. The van der Waals surface area contributed by atoms with E-state index in [4.69, 9.17) is 0 Å². The van der Waals surface area contributed by atoms with E-state index in [9.17, 15) is 8.78 Å². The average Bonchev–Trinajstić information content (AvgIpc) is 3.13. The first kappa shape index (κ1) is 12.3. The lowest BCUT2D eigenvalue weighted by atomic mass is 10.2. The van der Waals surface area contributed by atoms with Gasteiger partial charge in [-0.2, -0.15) is 0 Å². The Hall–Kier alpha value is -1.75. The van der Waals surface area contributed by atoms with Gasteiger partial charge in [0.15, 0.2) is 11.6 Å². The van der Waals surface area contributed by atoms with Gasteiger partial charge in [-0.25, -0.2) is 13.8 Å². The number of halogens is 2. The van der Waals surface area contributed by atoms with E-state index in [-0.39, 0.29) is 0 Å². The van der Waals surface area contributed by atoms with Gasteiger partial charge in [-0.15, -0.1) is 0 Å². The molecule has 0 amide bonds. The Kier molecular flexibility index (Phi) is 3.29. The molecule has 1 aromatic carbocycles. The summed E-state index contributed by atoms with van der Waals surface area (Å²) in [5, 5.41) is 3.36. The van der Waals surface area contributed by atoms with E-state index in [1.165, 1.54) is 18.9 Å². The molecule has 1 fully saturated rings. The summed E-state index contributed by atoms with van der Waals surface area (Å²) in [5.41, 5.74) is 0.339. The normalized spacial score (nSPS) is 14.8. The first-order chi connectivity index (χ1) is 9.24. The second-order valence-corrected chi connectivity index (χ2v) is 4.84. The van der Waals surface area contributed by atoms with Gasteiger partial charge in [-0.1, -0.05) is 12.1 Å². The molecule has 2 aromatic rings. The smallest absolute Gasteiger partial charge is 0.163 e. The molecule has 0 unspecified atom stereocenters. The van der Waals surface area contributed by atoms with Crippen LogP contribution in [-0.2, 0) is 13.1 Å². The molecule has 1 heterocycles. The largest absolute Gasteiger partial charge is 0.329 e. The van der Waals surface area contributed by atoms with Crippen molar-refractivity contribution in [3.8, 4) is 0 Å². The van der Waals surface area contributed by atoms with Crippen LogP contribution in [0.25, 0.3) is 0 Å². The first-order valence-corrected chi connectivity index (χ1v) is 6.40. The molecule has 1 aliphatic carbocycles. The highest BCUT2D eigenvalue weighted by Crippen LogP contribution is 2.19. The zero-order chi connectivity index (χ0) is 13.2. The van der Waals surface area contributed by atoms with Crippen LogP contribution in [0.4, 0.5) is 8.78 Å². The molecule has 1 aliphatic rings. The molecule has 3 rings (SSSR count). The lowest BCUT2D eigenvalue weighted by Gasteiger charge is -2.09. The molecule has 19 heavy (non-hydrogen) atoms. The molecular weight excluding hydrogens is 248 g/mol. The summed E-state index contributed by atoms with van der Waals surface area (Å²) < 4.78 is 28.6. The van der Waals surface area contributed by atoms with Crippen LogP contribution >= 0.6 is 0 Å². The Morgan fingerprint density at radius 1 is 1.32 bits per heavy atom. The van der Waals surface area contributed by atoms with Crippen LogP contribution in [0.5, 0.6) is 0 Å². The number of hydrogen-bond acceptors (Lipinski definition) is 2. The van der Waals surface area contributed by atoms with Gasteiger partial charge < -0.3 is 9.88 Å². The van der Waals surface area contributed by atoms with E-state index in [0.29, 0.717) is 24.7 Å². The van der Waals surface area contributed by atoms with Gasteiger partial charge in [0.25, 0.3) is 0 Å². The van der Waals surface area contributed by atoms with Crippen LogP contribution in [0.15, 0.2) is 30.6 Å². The molecule has 3 nitrogen and oxygen atoms in total. The quantitative estimate of drug-likeness (QED) is 0.898. The maximum absolute atomic E-state index is 13.6. The Morgan fingerprint density at radius 3 is 2.95 bits per heavy atom. The Labute approximate surface area is 110 Å². The fourth-order valence-electron chi connectivity index (χ4n) is 2.03. The predicted octanol–water partition coefficient (Wildman–Crippen LogP) is 2.46. The van der Waals surface area contributed by atoms with Crippen molar-refractivity contribution in [2.75, 3.05) is 0 Å². The van der Waals surface area contributed by atoms with Gasteiger partial charge >= 0.3 is 0 Å². The van der Waals surface area contributed by atoms with E-state index in [1.54, 1.807) is 18.5 Å². The summed E-state index contributed by atoms with van der Waals surface area (Å²) in [7, 11) is 0. The summed E-state index contributed by atoms with van der Waals surface area (Å²) in [6, 6.07) is 4.84. The third kappa shape index (κ3) is 2.81. The molecule has 1 aromatic heterocycles. The predicted molar refractivity (Wildman–Crippen MR) is 67.5 cm³/mol. The first-order valence-electron chi connectivity index (χ1n) is 6.40. The minimum Gasteiger partial charge on any atom is -0.329 e. The molecule has 0 aliphatic heterocycles. The van der Waals surface area contributed by atoms with E-state index in [2.05, 4.69) is 10.3 Å². The summed E-state index contributed by atoms with van der Waals surface area (Å²) in [4.78, 5) is 4.25. The fourth-order valence-corrected chi connectivity index (χ4v) is 2.03. The summed E-state index contributed by atoms with van der Waals surface area (Å²) >= 11 is 0. The minimum atomic E-state index is -0.810. The average molecular weight is 263 g/mol. The van der Waals surface area contributed by atoms with Crippen LogP contribution in [0.2, 0.25) is 0 Å². The number of nitrogens with one attached hydrogen (secondary N) is 1. The van der Waals surface area contributed by atoms with Crippen molar-refractivity contribution in [3.63, 3.8) is 0 Å². The minimum absolute atomic E-state index is 0.297. The van der Waals surface area contributed by atoms with Crippen molar-refractivity contribution in [1.29, 1.82) is 0 Å². The molecule has 0 saturated heterocycles. The van der Waals surface area contributed by atoms with Crippen molar-refractivity contribution in [2.24, 2.45) is 0 Å². The molecule has 1 saturated carbocycles. The summed E-state index contributed by atoms with van der Waals surface area (Å²) in [6.07, 6.45) is 5.88. The summed E-state index contributed by atoms with van der Waals surface area (Å²) in [5.74, 6) is -0.747. The molecule has 0 radical (unpaired) electrons. The highest BCUT2D eigenvalue weighted by Gasteiger charge is 2.21. The van der Waals surface area contributed by atoms with Gasteiger partial charge in [0, 0.05) is 24.0 Å². The molecule has 1 N–H and O–H groups in total. The monoisotopic (exact) mass is 263 g/mol. The highest BCUT2D eigenvalue weighted by molar-refractivity contribution is 5.19. The topological polar surface area (TPSA) is 29.9 Å². The van der Waals surface area contributed by atoms with Crippen LogP contribution < -0.4 is 5.32 Å². The van der Waals surface area contributed by atoms with E-state index < -0.39 is 11.6 Å². The maximum Gasteiger partial charge on any atom is 0.163 e. The van der Waals surface area contributed by atoms with Gasteiger partial charge in [0.1, 0.15) is 5.82 Å². The van der Waals surface area contributed by atoms with Gasteiger partial charge in [-0.05, 0) is 18.9 Å². The summed E-state index contributed by atoms with van der Waals surface area (Å²) in [6.45, 7) is 0.958. The van der Waals surface area contributed by atoms with Crippen molar-refractivity contribution >= 4 is 0 Å². The number of hydrogen-bond donors (Lipinski definition) is 1. The number of rotatable bonds is 5. The standard InChI is InChI=1S/C14H15F2N3/c15-12-3-1-2-10(14(12)16)9-19-7-6-17-13(19)8-18-11-4-5-11/h1-3,6-7,11,18H,4-5,8-9H2. The maximum atomic E-state index is 13.6. The molecule has 0 spiro atoms. The fraction of sp³-hybridized carbons (Fsp3) is 0.357. The number of aromatic nitrogens is 2. The molecular formula is C14H15F2N3. The highest BCUT2D eigenvalue weighted by atomic mass is 19.2. The molecule has 5 heteroatoms. The van der Waals surface area contributed by atoms with Gasteiger partial charge in [0.2, 0.25) is 0 Å². The third-order valence-electron chi connectivity index (χ3n) is 3.30. The van der Waals surface area contributed by atoms with E-state index in [0.717, 1.165) is 11.9 Å². The molecule has 0 bridgehead atoms. The van der Waals surface area contributed by atoms with Gasteiger partial charge in [-0.3, -0.25) is 0 Å². The lowest BCUT2D eigenvalue weighted by molar-refractivity contribution is 0.493. The second-order valence-electron chi connectivity index (χ2n) is 4.84. The van der Waals surface area contributed by atoms with Crippen molar-refractivity contribution in [3.05, 3.63) is 53.6 Å². The third-order valence-corrected chi connectivity index (χ3v) is 3.30.